The molecule has 0 amide bonds. The minimum Gasteiger partial charge on any atom is -0.476 e. The van der Waals surface area contributed by atoms with E-state index in [-0.39, 0.29) is 11.1 Å². The molecule has 0 aliphatic rings. The van der Waals surface area contributed by atoms with Gasteiger partial charge in [-0.05, 0) is 0 Å². The van der Waals surface area contributed by atoms with Gasteiger partial charge in [-0.2, -0.15) is 0 Å². The van der Waals surface area contributed by atoms with Gasteiger partial charge in [0.05, 0.1) is 24.1 Å². The molecule has 100 valence electrons. The number of aromatic carboxylic acids is 1. The Kier molecular flexibility index (Phi) is 3.28. The van der Waals surface area contributed by atoms with E-state index in [1.54, 1.807) is 23.3 Å². The van der Waals surface area contributed by atoms with Gasteiger partial charge in [0.2, 0.25) is 0 Å². The number of hydrogen-bond acceptors (Lipinski definition) is 5. The summed E-state index contributed by atoms with van der Waals surface area (Å²) in [5.41, 5.74) is 0.885. The number of carbonyl (C=O) groups is 1. The van der Waals surface area contributed by atoms with E-state index in [1.165, 1.54) is 0 Å². The highest BCUT2D eigenvalue weighted by molar-refractivity contribution is 5.86. The van der Waals surface area contributed by atoms with E-state index in [0.717, 1.165) is 0 Å². The quantitative estimate of drug-likeness (QED) is 0.889. The van der Waals surface area contributed by atoms with Gasteiger partial charge in [0.15, 0.2) is 5.69 Å². The highest BCUT2D eigenvalue weighted by Crippen LogP contribution is 2.25. The fourth-order valence-corrected chi connectivity index (χ4v) is 1.88. The topological polar surface area (TPSA) is 93.8 Å². The average molecular weight is 261 g/mol. The predicted molar refractivity (Wildman–Crippen MR) is 66.8 cm³/mol. The monoisotopic (exact) mass is 261 g/mol. The van der Waals surface area contributed by atoms with Gasteiger partial charge < -0.3 is 5.11 Å². The molecular weight excluding hydrogens is 246 g/mol. The fraction of sp³-hybridized carbons (Fsp3) is 0.417. The lowest BCUT2D eigenvalue weighted by Gasteiger charge is -2.20. The number of aromatic nitrogens is 5. The van der Waals surface area contributed by atoms with Crippen LogP contribution in [0.5, 0.6) is 0 Å². The van der Waals surface area contributed by atoms with Gasteiger partial charge in [-0.1, -0.05) is 26.0 Å². The van der Waals surface area contributed by atoms with Crippen LogP contribution in [0.2, 0.25) is 0 Å². The first-order valence-corrected chi connectivity index (χ1v) is 5.81. The molecule has 7 heteroatoms. The minimum absolute atomic E-state index is 0.0172. The van der Waals surface area contributed by atoms with Crippen molar-refractivity contribution in [3.63, 3.8) is 0 Å². The number of carboxylic acid groups (broad SMARTS) is 1. The van der Waals surface area contributed by atoms with Gasteiger partial charge in [0.25, 0.3) is 0 Å². The summed E-state index contributed by atoms with van der Waals surface area (Å²) in [5.74, 6) is -1.07. The highest BCUT2D eigenvalue weighted by Gasteiger charge is 2.29. The standard InChI is InChI=1S/C12H15N5O2/c1-12(2,3)10-9(11(18)19)15-16-17(10)7-8-6-13-4-5-14-8/h4-6H,7H2,1-3H3,(H,18,19). The first-order chi connectivity index (χ1) is 8.89. The first kappa shape index (κ1) is 13.1. The van der Waals surface area contributed by atoms with E-state index in [9.17, 15) is 4.79 Å². The zero-order valence-corrected chi connectivity index (χ0v) is 11.0. The molecule has 2 heterocycles. The normalized spacial score (nSPS) is 11.5. The van der Waals surface area contributed by atoms with Gasteiger partial charge in [-0.3, -0.25) is 9.97 Å². The Bertz CT molecular complexity index is 586. The third-order valence-corrected chi connectivity index (χ3v) is 2.58. The van der Waals surface area contributed by atoms with Gasteiger partial charge in [0.1, 0.15) is 0 Å². The lowest BCUT2D eigenvalue weighted by molar-refractivity contribution is 0.0687. The van der Waals surface area contributed by atoms with Gasteiger partial charge in [-0.25, -0.2) is 9.48 Å². The molecule has 19 heavy (non-hydrogen) atoms. The Morgan fingerprint density at radius 3 is 2.63 bits per heavy atom. The Morgan fingerprint density at radius 2 is 2.11 bits per heavy atom. The molecule has 2 aromatic rings. The molecule has 0 spiro atoms. The second-order valence-corrected chi connectivity index (χ2v) is 5.20. The van der Waals surface area contributed by atoms with Crippen LogP contribution in [0.3, 0.4) is 0 Å². The first-order valence-electron chi connectivity index (χ1n) is 5.81. The van der Waals surface area contributed by atoms with Crippen molar-refractivity contribution in [1.82, 2.24) is 25.0 Å². The molecule has 0 bridgehead atoms. The molecule has 0 atom stereocenters. The van der Waals surface area contributed by atoms with Gasteiger partial charge in [0, 0.05) is 17.8 Å². The molecule has 7 nitrogen and oxygen atoms in total. The smallest absolute Gasteiger partial charge is 0.358 e. The van der Waals surface area contributed by atoms with E-state index in [4.69, 9.17) is 5.11 Å². The second kappa shape index (κ2) is 4.75. The van der Waals surface area contributed by atoms with Crippen molar-refractivity contribution >= 4 is 5.97 Å². The van der Waals surface area contributed by atoms with Crippen LogP contribution in [-0.4, -0.2) is 36.0 Å². The van der Waals surface area contributed by atoms with E-state index in [0.29, 0.717) is 17.9 Å². The van der Waals surface area contributed by atoms with Crippen LogP contribution in [0.15, 0.2) is 18.6 Å². The Balaban J connectivity index is 2.44. The van der Waals surface area contributed by atoms with Crippen molar-refractivity contribution in [1.29, 1.82) is 0 Å². The van der Waals surface area contributed by atoms with Crippen molar-refractivity contribution < 1.29 is 9.90 Å². The van der Waals surface area contributed by atoms with E-state index < -0.39 is 5.97 Å². The molecule has 0 aromatic carbocycles. The zero-order valence-electron chi connectivity index (χ0n) is 11.0. The lowest BCUT2D eigenvalue weighted by Crippen LogP contribution is -2.22. The summed E-state index contributed by atoms with van der Waals surface area (Å²) >= 11 is 0. The van der Waals surface area contributed by atoms with E-state index in [2.05, 4.69) is 20.3 Å². The summed E-state index contributed by atoms with van der Waals surface area (Å²) < 4.78 is 1.56. The van der Waals surface area contributed by atoms with E-state index >= 15 is 0 Å². The van der Waals surface area contributed by atoms with Crippen molar-refractivity contribution in [3.05, 3.63) is 35.7 Å². The largest absolute Gasteiger partial charge is 0.476 e. The number of rotatable bonds is 3. The molecule has 2 rings (SSSR count). The molecule has 1 N–H and O–H groups in total. The Hall–Kier alpha value is -2.31. The number of hydrogen-bond donors (Lipinski definition) is 1. The van der Waals surface area contributed by atoms with Crippen LogP contribution >= 0.6 is 0 Å². The summed E-state index contributed by atoms with van der Waals surface area (Å²) in [6, 6.07) is 0. The molecule has 0 radical (unpaired) electrons. The molecule has 0 aliphatic heterocycles. The van der Waals surface area contributed by atoms with Crippen molar-refractivity contribution in [3.8, 4) is 0 Å². The molecule has 0 saturated heterocycles. The van der Waals surface area contributed by atoms with Crippen LogP contribution in [0.1, 0.15) is 42.6 Å². The number of nitrogens with zero attached hydrogens (tertiary/aromatic N) is 5. The highest BCUT2D eigenvalue weighted by atomic mass is 16.4. The van der Waals surface area contributed by atoms with Crippen molar-refractivity contribution in [2.45, 2.75) is 32.7 Å². The fourth-order valence-electron chi connectivity index (χ4n) is 1.88. The van der Waals surface area contributed by atoms with Crippen LogP contribution in [0.25, 0.3) is 0 Å². The summed E-state index contributed by atoms with van der Waals surface area (Å²) in [7, 11) is 0. The average Bonchev–Trinajstić information content (AvgIpc) is 2.74. The third kappa shape index (κ3) is 2.75. The second-order valence-electron chi connectivity index (χ2n) is 5.20. The summed E-state index contributed by atoms with van der Waals surface area (Å²) in [5, 5.41) is 16.8. The molecule has 0 saturated carbocycles. The third-order valence-electron chi connectivity index (χ3n) is 2.58. The molecule has 0 unspecified atom stereocenters. The van der Waals surface area contributed by atoms with E-state index in [1.807, 2.05) is 20.8 Å². The maximum Gasteiger partial charge on any atom is 0.358 e. The van der Waals surface area contributed by atoms with Crippen LogP contribution in [0, 0.1) is 0 Å². The molecule has 0 aliphatic carbocycles. The number of carboxylic acids is 1. The Labute approximate surface area is 110 Å². The van der Waals surface area contributed by atoms with Crippen molar-refractivity contribution in [2.24, 2.45) is 0 Å². The summed E-state index contributed by atoms with van der Waals surface area (Å²) in [6.07, 6.45) is 4.79. The maximum absolute atomic E-state index is 11.2. The minimum atomic E-state index is -1.07. The maximum atomic E-state index is 11.2. The van der Waals surface area contributed by atoms with Crippen LogP contribution in [0.4, 0.5) is 0 Å². The van der Waals surface area contributed by atoms with Gasteiger partial charge in [-0.15, -0.1) is 5.10 Å². The molecule has 0 fully saturated rings. The predicted octanol–water partition coefficient (Wildman–Crippen LogP) is 1.11. The zero-order chi connectivity index (χ0) is 14.0. The van der Waals surface area contributed by atoms with Gasteiger partial charge >= 0.3 is 5.97 Å². The van der Waals surface area contributed by atoms with Crippen LogP contribution < -0.4 is 0 Å². The SMILES string of the molecule is CC(C)(C)c1c(C(=O)O)nnn1Cc1cnccn1. The lowest BCUT2D eigenvalue weighted by atomic mass is 9.90. The summed E-state index contributed by atoms with van der Waals surface area (Å²) in [4.78, 5) is 19.3. The Morgan fingerprint density at radius 1 is 1.37 bits per heavy atom. The van der Waals surface area contributed by atoms with Crippen LogP contribution in [-0.2, 0) is 12.0 Å². The molecular formula is C12H15N5O2. The van der Waals surface area contributed by atoms with Crippen molar-refractivity contribution in [2.75, 3.05) is 0 Å². The summed E-state index contributed by atoms with van der Waals surface area (Å²) in [6.45, 7) is 6.11. The molecule has 2 aromatic heterocycles.